The minimum absolute atomic E-state index is 0.0526. The number of hydrogen-bond donors (Lipinski definition) is 1. The molecule has 4 heteroatoms. The summed E-state index contributed by atoms with van der Waals surface area (Å²) >= 11 is 0. The number of carbonyl (C=O) groups excluding carboxylic acids is 1. The van der Waals surface area contributed by atoms with E-state index < -0.39 is 5.97 Å². The van der Waals surface area contributed by atoms with Gasteiger partial charge < -0.3 is 10.0 Å². The van der Waals surface area contributed by atoms with Gasteiger partial charge >= 0.3 is 5.97 Å². The third-order valence-corrected chi connectivity index (χ3v) is 4.85. The maximum atomic E-state index is 12.5. The second kappa shape index (κ2) is 5.88. The van der Waals surface area contributed by atoms with E-state index in [1.54, 1.807) is 0 Å². The molecule has 1 amide bonds. The fourth-order valence-corrected chi connectivity index (χ4v) is 3.47. The molecular formula is C17H21NO3. The number of carboxylic acid groups (broad SMARTS) is 1. The van der Waals surface area contributed by atoms with Crippen molar-refractivity contribution in [3.05, 3.63) is 35.4 Å². The van der Waals surface area contributed by atoms with Gasteiger partial charge in [0, 0.05) is 19.5 Å². The Bertz CT molecular complexity index is 547. The number of aliphatic carboxylic acids is 1. The number of carboxylic acids is 1. The quantitative estimate of drug-likeness (QED) is 0.925. The first-order valence-corrected chi connectivity index (χ1v) is 7.73. The first-order chi connectivity index (χ1) is 10.1. The van der Waals surface area contributed by atoms with Gasteiger partial charge in [0.05, 0.1) is 5.92 Å². The Kier molecular flexibility index (Phi) is 3.95. The topological polar surface area (TPSA) is 57.6 Å². The summed E-state index contributed by atoms with van der Waals surface area (Å²) in [5, 5.41) is 8.73. The van der Waals surface area contributed by atoms with Gasteiger partial charge in [-0.25, -0.2) is 0 Å². The summed E-state index contributed by atoms with van der Waals surface area (Å²) in [4.78, 5) is 25.1. The summed E-state index contributed by atoms with van der Waals surface area (Å²) in [7, 11) is 0. The zero-order chi connectivity index (χ0) is 14.8. The minimum Gasteiger partial charge on any atom is -0.481 e. The molecule has 112 valence electrons. The standard InChI is InChI=1S/C17H21NO3/c19-16(20)6-5-12-7-9-18(10-8-12)17(21)15-11-13-3-1-2-4-14(13)15/h1-4,12,15H,5-11H2,(H,19,20). The van der Waals surface area contributed by atoms with Gasteiger partial charge in [0.15, 0.2) is 0 Å². The molecule has 1 atom stereocenters. The van der Waals surface area contributed by atoms with Crippen molar-refractivity contribution in [3.8, 4) is 0 Å². The van der Waals surface area contributed by atoms with Crippen molar-refractivity contribution in [2.45, 2.75) is 38.0 Å². The average Bonchev–Trinajstić information content (AvgIpc) is 2.47. The maximum Gasteiger partial charge on any atom is 0.303 e. The van der Waals surface area contributed by atoms with E-state index in [2.05, 4.69) is 12.1 Å². The molecule has 3 rings (SSSR count). The van der Waals surface area contributed by atoms with E-state index in [0.717, 1.165) is 38.8 Å². The monoisotopic (exact) mass is 287 g/mol. The molecule has 1 aliphatic heterocycles. The normalized spacial score (nSPS) is 21.5. The van der Waals surface area contributed by atoms with Crippen LogP contribution in [0.25, 0.3) is 0 Å². The highest BCUT2D eigenvalue weighted by Gasteiger charge is 2.35. The van der Waals surface area contributed by atoms with Crippen LogP contribution in [0.4, 0.5) is 0 Å². The zero-order valence-corrected chi connectivity index (χ0v) is 12.1. The molecule has 1 saturated heterocycles. The molecule has 0 bridgehead atoms. The average molecular weight is 287 g/mol. The van der Waals surface area contributed by atoms with Crippen LogP contribution in [0.2, 0.25) is 0 Å². The zero-order valence-electron chi connectivity index (χ0n) is 12.1. The summed E-state index contributed by atoms with van der Waals surface area (Å²) in [6.45, 7) is 1.56. The molecule has 21 heavy (non-hydrogen) atoms. The lowest BCUT2D eigenvalue weighted by Crippen LogP contribution is -2.43. The number of carbonyl (C=O) groups is 2. The minimum atomic E-state index is -0.723. The van der Waals surface area contributed by atoms with E-state index >= 15 is 0 Å². The van der Waals surface area contributed by atoms with Gasteiger partial charge in [-0.2, -0.15) is 0 Å². The molecule has 1 heterocycles. The van der Waals surface area contributed by atoms with E-state index in [1.165, 1.54) is 11.1 Å². The second-order valence-electron chi connectivity index (χ2n) is 6.16. The Balaban J connectivity index is 1.51. The summed E-state index contributed by atoms with van der Waals surface area (Å²) in [6, 6.07) is 8.17. The van der Waals surface area contributed by atoms with Gasteiger partial charge in [0.25, 0.3) is 0 Å². The summed E-state index contributed by atoms with van der Waals surface area (Å²) in [6.07, 6.45) is 3.73. The molecule has 0 spiro atoms. The van der Waals surface area contributed by atoms with Gasteiger partial charge in [-0.05, 0) is 42.7 Å². The van der Waals surface area contributed by atoms with Gasteiger partial charge in [-0.1, -0.05) is 24.3 Å². The van der Waals surface area contributed by atoms with Crippen molar-refractivity contribution in [2.24, 2.45) is 5.92 Å². The Morgan fingerprint density at radius 1 is 1.19 bits per heavy atom. The predicted molar refractivity (Wildman–Crippen MR) is 79.1 cm³/mol. The van der Waals surface area contributed by atoms with Crippen LogP contribution in [-0.2, 0) is 16.0 Å². The van der Waals surface area contributed by atoms with Crippen molar-refractivity contribution in [2.75, 3.05) is 13.1 Å². The Morgan fingerprint density at radius 3 is 2.57 bits per heavy atom. The van der Waals surface area contributed by atoms with Crippen LogP contribution in [0.15, 0.2) is 24.3 Å². The van der Waals surface area contributed by atoms with Crippen molar-refractivity contribution in [1.29, 1.82) is 0 Å². The van der Waals surface area contributed by atoms with Crippen LogP contribution in [0.5, 0.6) is 0 Å². The number of nitrogens with zero attached hydrogens (tertiary/aromatic N) is 1. The highest BCUT2D eigenvalue weighted by molar-refractivity contribution is 5.87. The number of rotatable bonds is 4. The van der Waals surface area contributed by atoms with Crippen molar-refractivity contribution < 1.29 is 14.7 Å². The van der Waals surface area contributed by atoms with Crippen LogP contribution in [0.1, 0.15) is 42.7 Å². The number of likely N-dealkylation sites (tertiary alicyclic amines) is 1. The van der Waals surface area contributed by atoms with Crippen LogP contribution < -0.4 is 0 Å². The molecule has 1 fully saturated rings. The number of fused-ring (bicyclic) bond motifs is 1. The molecular weight excluding hydrogens is 266 g/mol. The largest absolute Gasteiger partial charge is 0.481 e. The Morgan fingerprint density at radius 2 is 1.90 bits per heavy atom. The van der Waals surface area contributed by atoms with E-state index in [0.29, 0.717) is 5.92 Å². The molecule has 1 unspecified atom stereocenters. The van der Waals surface area contributed by atoms with Crippen LogP contribution in [0, 0.1) is 5.92 Å². The van der Waals surface area contributed by atoms with E-state index in [1.807, 2.05) is 17.0 Å². The summed E-state index contributed by atoms with van der Waals surface area (Å²) in [5.41, 5.74) is 2.49. The van der Waals surface area contributed by atoms with E-state index in [-0.39, 0.29) is 18.2 Å². The van der Waals surface area contributed by atoms with E-state index in [4.69, 9.17) is 5.11 Å². The maximum absolute atomic E-state index is 12.5. The molecule has 1 aromatic rings. The number of benzene rings is 1. The molecule has 1 aliphatic carbocycles. The van der Waals surface area contributed by atoms with Crippen LogP contribution in [0.3, 0.4) is 0 Å². The number of hydrogen-bond acceptors (Lipinski definition) is 2. The summed E-state index contributed by atoms with van der Waals surface area (Å²) in [5.74, 6) is 0.0422. The highest BCUT2D eigenvalue weighted by Crippen LogP contribution is 2.37. The smallest absolute Gasteiger partial charge is 0.303 e. The Labute approximate surface area is 124 Å². The molecule has 0 aromatic heterocycles. The summed E-state index contributed by atoms with van der Waals surface area (Å²) < 4.78 is 0. The lowest BCUT2D eigenvalue weighted by atomic mass is 9.76. The molecule has 4 nitrogen and oxygen atoms in total. The first kappa shape index (κ1) is 14.1. The van der Waals surface area contributed by atoms with Crippen molar-refractivity contribution >= 4 is 11.9 Å². The molecule has 1 N–H and O–H groups in total. The lowest BCUT2D eigenvalue weighted by molar-refractivity contribution is -0.138. The second-order valence-corrected chi connectivity index (χ2v) is 6.16. The molecule has 2 aliphatic rings. The van der Waals surface area contributed by atoms with Gasteiger partial charge in [-0.3, -0.25) is 9.59 Å². The van der Waals surface area contributed by atoms with Crippen LogP contribution in [-0.4, -0.2) is 35.0 Å². The fourth-order valence-electron chi connectivity index (χ4n) is 3.47. The van der Waals surface area contributed by atoms with Gasteiger partial charge in [-0.15, -0.1) is 0 Å². The van der Waals surface area contributed by atoms with Gasteiger partial charge in [0.1, 0.15) is 0 Å². The number of piperidine rings is 1. The van der Waals surface area contributed by atoms with Crippen molar-refractivity contribution in [3.63, 3.8) is 0 Å². The third kappa shape index (κ3) is 2.94. The van der Waals surface area contributed by atoms with Crippen molar-refractivity contribution in [1.82, 2.24) is 4.90 Å². The number of amides is 1. The third-order valence-electron chi connectivity index (χ3n) is 4.85. The SMILES string of the molecule is O=C(O)CCC1CCN(C(=O)C2Cc3ccccc32)CC1. The van der Waals surface area contributed by atoms with Crippen LogP contribution >= 0.6 is 0 Å². The fraction of sp³-hybridized carbons (Fsp3) is 0.529. The van der Waals surface area contributed by atoms with Gasteiger partial charge in [0.2, 0.25) is 5.91 Å². The lowest BCUT2D eigenvalue weighted by Gasteiger charge is -2.37. The molecule has 0 saturated carbocycles. The molecule has 0 radical (unpaired) electrons. The Hall–Kier alpha value is -1.84. The highest BCUT2D eigenvalue weighted by atomic mass is 16.4. The predicted octanol–water partition coefficient (Wildman–Crippen LogP) is 2.43. The molecule has 1 aromatic carbocycles. The van der Waals surface area contributed by atoms with E-state index in [9.17, 15) is 9.59 Å². The first-order valence-electron chi connectivity index (χ1n) is 7.73.